The van der Waals surface area contributed by atoms with Crippen LogP contribution in [-0.4, -0.2) is 18.0 Å². The van der Waals surface area contributed by atoms with E-state index in [2.05, 4.69) is 31.9 Å². The summed E-state index contributed by atoms with van der Waals surface area (Å²) in [4.78, 5) is 11.8. The van der Waals surface area contributed by atoms with E-state index in [1.807, 2.05) is 30.3 Å². The third kappa shape index (κ3) is 2.62. The van der Waals surface area contributed by atoms with E-state index in [1.165, 1.54) is 0 Å². The fourth-order valence-corrected chi connectivity index (χ4v) is 2.21. The monoisotopic (exact) mass is 344 g/mol. The molecule has 2 nitrogen and oxygen atoms in total. The molecule has 1 saturated heterocycles. The van der Waals surface area contributed by atoms with Crippen LogP contribution in [0.2, 0.25) is 0 Å². The van der Waals surface area contributed by atoms with Gasteiger partial charge in [0.05, 0.1) is 11.1 Å². The number of Topliss-reactive ketones (excluding diaryl/α,β-unsaturated/α-hetero) is 1. The molecule has 84 valence electrons. The number of epoxide rings is 1. The summed E-state index contributed by atoms with van der Waals surface area (Å²) in [6.45, 7) is 2.31. The number of ether oxygens (including phenoxy) is 1. The molecule has 4 heteroatoms. The number of ketones is 1. The standard InChI is InChI=1S/C12H10Br2O2/c1-12(7-16-12)11(15)10(14)6-8-2-4-9(13)5-3-8/h2-6H,7H2,1H3/b10-6-. The second kappa shape index (κ2) is 4.43. The van der Waals surface area contributed by atoms with Gasteiger partial charge in [-0.05, 0) is 46.6 Å². The molecular weight excluding hydrogens is 336 g/mol. The average Bonchev–Trinajstić information content (AvgIpc) is 3.00. The van der Waals surface area contributed by atoms with Gasteiger partial charge in [0.1, 0.15) is 0 Å². The molecule has 0 amide bonds. The fourth-order valence-electron chi connectivity index (χ4n) is 1.26. The van der Waals surface area contributed by atoms with Crippen LogP contribution in [0.3, 0.4) is 0 Å². The largest absolute Gasteiger partial charge is 0.361 e. The van der Waals surface area contributed by atoms with Crippen molar-refractivity contribution in [2.45, 2.75) is 12.5 Å². The lowest BCUT2D eigenvalue weighted by molar-refractivity contribution is -0.119. The number of halogens is 2. The lowest BCUT2D eigenvalue weighted by atomic mass is 10.1. The molecule has 1 aromatic rings. The molecular formula is C12H10Br2O2. The maximum absolute atomic E-state index is 11.8. The van der Waals surface area contributed by atoms with E-state index in [0.717, 1.165) is 10.0 Å². The maximum atomic E-state index is 11.8. The van der Waals surface area contributed by atoms with Crippen LogP contribution < -0.4 is 0 Å². The Hall–Kier alpha value is -0.450. The molecule has 2 rings (SSSR count). The minimum absolute atomic E-state index is 0.00424. The first kappa shape index (κ1) is 12.0. The molecule has 0 bridgehead atoms. The van der Waals surface area contributed by atoms with Gasteiger partial charge in [0, 0.05) is 4.47 Å². The second-order valence-electron chi connectivity index (χ2n) is 3.89. The third-order valence-corrected chi connectivity index (χ3v) is 3.56. The lowest BCUT2D eigenvalue weighted by Gasteiger charge is -2.03. The van der Waals surface area contributed by atoms with Crippen molar-refractivity contribution in [1.82, 2.24) is 0 Å². The number of hydrogen-bond donors (Lipinski definition) is 0. The molecule has 1 aliphatic heterocycles. The summed E-state index contributed by atoms with van der Waals surface area (Å²) in [5.74, 6) is -0.00424. The van der Waals surface area contributed by atoms with Gasteiger partial charge in [0.2, 0.25) is 5.78 Å². The Morgan fingerprint density at radius 3 is 2.50 bits per heavy atom. The van der Waals surface area contributed by atoms with Gasteiger partial charge in [-0.15, -0.1) is 0 Å². The number of hydrogen-bond acceptors (Lipinski definition) is 2. The smallest absolute Gasteiger partial charge is 0.203 e. The Morgan fingerprint density at radius 1 is 1.44 bits per heavy atom. The van der Waals surface area contributed by atoms with Gasteiger partial charge < -0.3 is 4.74 Å². The Balaban J connectivity index is 2.17. The first-order valence-electron chi connectivity index (χ1n) is 4.83. The highest BCUT2D eigenvalue weighted by atomic mass is 79.9. The van der Waals surface area contributed by atoms with Gasteiger partial charge in [-0.2, -0.15) is 0 Å². The fraction of sp³-hybridized carbons (Fsp3) is 0.250. The zero-order valence-electron chi connectivity index (χ0n) is 8.67. The van der Waals surface area contributed by atoms with E-state index in [0.29, 0.717) is 11.1 Å². The van der Waals surface area contributed by atoms with Gasteiger partial charge in [0.15, 0.2) is 5.60 Å². The van der Waals surface area contributed by atoms with Crippen molar-refractivity contribution in [3.63, 3.8) is 0 Å². The van der Waals surface area contributed by atoms with Crippen LogP contribution in [0.4, 0.5) is 0 Å². The van der Waals surface area contributed by atoms with Crippen molar-refractivity contribution < 1.29 is 9.53 Å². The molecule has 0 aromatic heterocycles. The predicted octanol–water partition coefficient (Wildman–Crippen LogP) is 3.54. The van der Waals surface area contributed by atoms with Gasteiger partial charge in [0.25, 0.3) is 0 Å². The summed E-state index contributed by atoms with van der Waals surface area (Å²) >= 11 is 6.66. The SMILES string of the molecule is CC1(C(=O)/C(Br)=C/c2ccc(Br)cc2)CO1. The molecule has 0 saturated carbocycles. The van der Waals surface area contributed by atoms with Gasteiger partial charge >= 0.3 is 0 Å². The van der Waals surface area contributed by atoms with Crippen LogP contribution in [0.5, 0.6) is 0 Å². The van der Waals surface area contributed by atoms with Crippen LogP contribution in [0.15, 0.2) is 33.2 Å². The zero-order chi connectivity index (χ0) is 11.8. The van der Waals surface area contributed by atoms with Crippen LogP contribution >= 0.6 is 31.9 Å². The van der Waals surface area contributed by atoms with Gasteiger partial charge in [-0.25, -0.2) is 0 Å². The molecule has 1 fully saturated rings. The lowest BCUT2D eigenvalue weighted by Crippen LogP contribution is -2.19. The van der Waals surface area contributed by atoms with E-state index in [1.54, 1.807) is 6.92 Å². The molecule has 0 spiro atoms. The summed E-state index contributed by atoms with van der Waals surface area (Å²) < 4.78 is 6.68. The van der Waals surface area contributed by atoms with Crippen molar-refractivity contribution in [3.05, 3.63) is 38.8 Å². The molecule has 0 N–H and O–H groups in total. The molecule has 1 aliphatic rings. The second-order valence-corrected chi connectivity index (χ2v) is 5.66. The first-order valence-corrected chi connectivity index (χ1v) is 6.41. The summed E-state index contributed by atoms with van der Waals surface area (Å²) in [7, 11) is 0. The highest BCUT2D eigenvalue weighted by Crippen LogP contribution is 2.32. The van der Waals surface area contributed by atoms with Crippen LogP contribution in [0, 0.1) is 0 Å². The molecule has 0 radical (unpaired) electrons. The summed E-state index contributed by atoms with van der Waals surface area (Å²) in [5.41, 5.74) is 0.373. The Kier molecular flexibility index (Phi) is 3.33. The maximum Gasteiger partial charge on any atom is 0.203 e. The van der Waals surface area contributed by atoms with Crippen LogP contribution in [0.25, 0.3) is 6.08 Å². The Morgan fingerprint density at radius 2 is 2.00 bits per heavy atom. The van der Waals surface area contributed by atoms with E-state index in [9.17, 15) is 4.79 Å². The van der Waals surface area contributed by atoms with Gasteiger partial charge in [-0.1, -0.05) is 28.1 Å². The molecule has 1 unspecified atom stereocenters. The molecule has 1 heterocycles. The number of benzene rings is 1. The first-order chi connectivity index (χ1) is 7.51. The molecule has 0 aliphatic carbocycles. The van der Waals surface area contributed by atoms with Crippen molar-refractivity contribution in [2.75, 3.05) is 6.61 Å². The van der Waals surface area contributed by atoms with E-state index in [-0.39, 0.29) is 5.78 Å². The highest BCUT2D eigenvalue weighted by Gasteiger charge is 2.47. The number of rotatable bonds is 3. The van der Waals surface area contributed by atoms with Crippen molar-refractivity contribution in [1.29, 1.82) is 0 Å². The minimum Gasteiger partial charge on any atom is -0.361 e. The Labute approximate surface area is 111 Å². The van der Waals surface area contributed by atoms with Crippen LogP contribution in [-0.2, 0) is 9.53 Å². The third-order valence-electron chi connectivity index (χ3n) is 2.44. The van der Waals surface area contributed by atoms with Crippen molar-refractivity contribution in [3.8, 4) is 0 Å². The minimum atomic E-state index is -0.606. The van der Waals surface area contributed by atoms with E-state index in [4.69, 9.17) is 4.74 Å². The van der Waals surface area contributed by atoms with E-state index >= 15 is 0 Å². The Bertz CT molecular complexity index is 445. The normalized spacial score (nSPS) is 24.3. The van der Waals surface area contributed by atoms with E-state index < -0.39 is 5.60 Å². The van der Waals surface area contributed by atoms with Crippen molar-refractivity contribution >= 4 is 43.7 Å². The van der Waals surface area contributed by atoms with Gasteiger partial charge in [-0.3, -0.25) is 4.79 Å². The summed E-state index contributed by atoms with van der Waals surface area (Å²) in [6.07, 6.45) is 1.81. The van der Waals surface area contributed by atoms with Crippen molar-refractivity contribution in [2.24, 2.45) is 0 Å². The number of carbonyl (C=O) groups excluding carboxylic acids is 1. The summed E-state index contributed by atoms with van der Waals surface area (Å²) in [5, 5.41) is 0. The summed E-state index contributed by atoms with van der Waals surface area (Å²) in [6, 6.07) is 7.75. The highest BCUT2D eigenvalue weighted by molar-refractivity contribution is 9.12. The predicted molar refractivity (Wildman–Crippen MR) is 70.4 cm³/mol. The molecule has 1 atom stereocenters. The van der Waals surface area contributed by atoms with Crippen LogP contribution in [0.1, 0.15) is 12.5 Å². The quantitative estimate of drug-likeness (QED) is 0.619. The zero-order valence-corrected chi connectivity index (χ0v) is 11.8. The number of carbonyl (C=O) groups is 1. The average molecular weight is 346 g/mol. The molecule has 1 aromatic carbocycles. The topological polar surface area (TPSA) is 29.6 Å². The molecule has 16 heavy (non-hydrogen) atoms.